The lowest BCUT2D eigenvalue weighted by Gasteiger charge is -2.23. The third-order valence-corrected chi connectivity index (χ3v) is 2.70. The van der Waals surface area contributed by atoms with Crippen molar-refractivity contribution in [1.82, 2.24) is 5.32 Å². The molecule has 15 heavy (non-hydrogen) atoms. The molecule has 0 aliphatic carbocycles. The molecule has 0 aromatic heterocycles. The Morgan fingerprint density at radius 2 is 2.27 bits per heavy atom. The Labute approximate surface area is 91.3 Å². The lowest BCUT2D eigenvalue weighted by molar-refractivity contribution is -0.141. The first-order chi connectivity index (χ1) is 7.33. The van der Waals surface area contributed by atoms with E-state index in [1.165, 1.54) is 26.4 Å². The van der Waals surface area contributed by atoms with E-state index in [4.69, 9.17) is 4.74 Å². The zero-order valence-corrected chi connectivity index (χ0v) is 9.46. The number of rotatable bonds is 6. The minimum absolute atomic E-state index is 0.203. The van der Waals surface area contributed by atoms with E-state index in [9.17, 15) is 4.79 Å². The third-order valence-electron chi connectivity index (χ3n) is 2.70. The molecule has 1 heterocycles. The molecule has 1 N–H and O–H groups in total. The Hall–Kier alpha value is -0.610. The van der Waals surface area contributed by atoms with Gasteiger partial charge < -0.3 is 14.8 Å². The molecule has 1 atom stereocenters. The van der Waals surface area contributed by atoms with Gasteiger partial charge in [-0.05, 0) is 25.8 Å². The van der Waals surface area contributed by atoms with Crippen LogP contribution in [0.1, 0.15) is 32.1 Å². The molecule has 0 saturated carbocycles. The van der Waals surface area contributed by atoms with Gasteiger partial charge in [0.05, 0.1) is 20.1 Å². The van der Waals surface area contributed by atoms with Gasteiger partial charge in [-0.1, -0.05) is 6.42 Å². The standard InChI is InChI=1S/C11H21NO3/c1-14-11(13)6-9-15-8-5-10-4-2-3-7-12-10/h10,12H,2-9H2,1H3/t10-/m0/s1. The highest BCUT2D eigenvalue weighted by atomic mass is 16.5. The fraction of sp³-hybridized carbons (Fsp3) is 0.909. The molecule has 1 aliphatic heterocycles. The van der Waals surface area contributed by atoms with Crippen molar-refractivity contribution in [2.45, 2.75) is 38.1 Å². The van der Waals surface area contributed by atoms with Crippen molar-refractivity contribution in [3.63, 3.8) is 0 Å². The maximum atomic E-state index is 10.8. The van der Waals surface area contributed by atoms with Gasteiger partial charge in [-0.15, -0.1) is 0 Å². The van der Waals surface area contributed by atoms with Gasteiger partial charge in [0.15, 0.2) is 0 Å². The molecule has 4 nitrogen and oxygen atoms in total. The van der Waals surface area contributed by atoms with Gasteiger partial charge in [0.1, 0.15) is 0 Å². The first-order valence-electron chi connectivity index (χ1n) is 5.71. The Morgan fingerprint density at radius 1 is 1.40 bits per heavy atom. The summed E-state index contributed by atoms with van der Waals surface area (Å²) in [7, 11) is 1.40. The molecule has 0 radical (unpaired) electrons. The normalized spacial score (nSPS) is 21.3. The number of esters is 1. The Bertz CT molecular complexity index is 179. The summed E-state index contributed by atoms with van der Waals surface area (Å²) in [6, 6.07) is 0.608. The maximum Gasteiger partial charge on any atom is 0.307 e. The number of nitrogens with one attached hydrogen (secondary N) is 1. The van der Waals surface area contributed by atoms with Crippen LogP contribution in [0.4, 0.5) is 0 Å². The Kier molecular flexibility index (Phi) is 6.36. The van der Waals surface area contributed by atoms with Crippen molar-refractivity contribution >= 4 is 5.97 Å². The molecule has 1 fully saturated rings. The van der Waals surface area contributed by atoms with Gasteiger partial charge in [-0.2, -0.15) is 0 Å². The summed E-state index contributed by atoms with van der Waals surface area (Å²) in [4.78, 5) is 10.8. The topological polar surface area (TPSA) is 47.6 Å². The molecule has 1 rings (SSSR count). The summed E-state index contributed by atoms with van der Waals surface area (Å²) in [6.07, 6.45) is 5.26. The molecule has 0 aromatic carbocycles. The molecule has 0 bridgehead atoms. The van der Waals surface area contributed by atoms with Crippen molar-refractivity contribution in [1.29, 1.82) is 0 Å². The summed E-state index contributed by atoms with van der Waals surface area (Å²) >= 11 is 0. The van der Waals surface area contributed by atoms with E-state index in [1.807, 2.05) is 0 Å². The molecule has 0 unspecified atom stereocenters. The summed E-state index contributed by atoms with van der Waals surface area (Å²) in [5.74, 6) is -0.203. The van der Waals surface area contributed by atoms with Crippen LogP contribution in [-0.4, -0.2) is 38.9 Å². The molecule has 1 aliphatic rings. The first-order valence-corrected chi connectivity index (χ1v) is 5.71. The predicted molar refractivity (Wildman–Crippen MR) is 57.7 cm³/mol. The third kappa shape index (κ3) is 5.74. The summed E-state index contributed by atoms with van der Waals surface area (Å²) in [6.45, 7) is 2.33. The van der Waals surface area contributed by atoms with Crippen molar-refractivity contribution < 1.29 is 14.3 Å². The van der Waals surface area contributed by atoms with Crippen molar-refractivity contribution in [3.05, 3.63) is 0 Å². The molecular formula is C11H21NO3. The minimum Gasteiger partial charge on any atom is -0.469 e. The van der Waals surface area contributed by atoms with Crippen LogP contribution in [0.2, 0.25) is 0 Å². The summed E-state index contributed by atoms with van der Waals surface area (Å²) in [5.41, 5.74) is 0. The van der Waals surface area contributed by atoms with Gasteiger partial charge in [-0.3, -0.25) is 4.79 Å². The average Bonchev–Trinajstić information content (AvgIpc) is 2.29. The first kappa shape index (κ1) is 12.5. The smallest absolute Gasteiger partial charge is 0.307 e. The van der Waals surface area contributed by atoms with E-state index in [0.29, 0.717) is 19.1 Å². The quantitative estimate of drug-likeness (QED) is 0.532. The number of ether oxygens (including phenoxy) is 2. The van der Waals surface area contributed by atoms with Gasteiger partial charge >= 0.3 is 5.97 Å². The number of piperidine rings is 1. The van der Waals surface area contributed by atoms with Crippen molar-refractivity contribution in [3.8, 4) is 0 Å². The van der Waals surface area contributed by atoms with Gasteiger partial charge in [0.25, 0.3) is 0 Å². The zero-order chi connectivity index (χ0) is 10.9. The SMILES string of the molecule is COC(=O)CCOCC[C@@H]1CCCCN1. The number of carbonyl (C=O) groups excluding carboxylic acids is 1. The number of methoxy groups -OCH3 is 1. The average molecular weight is 215 g/mol. The second-order valence-corrected chi connectivity index (χ2v) is 3.87. The van der Waals surface area contributed by atoms with Crippen LogP contribution in [0.5, 0.6) is 0 Å². The Balaban J connectivity index is 1.89. The van der Waals surface area contributed by atoms with Crippen LogP contribution in [0.3, 0.4) is 0 Å². The van der Waals surface area contributed by atoms with E-state index in [1.54, 1.807) is 0 Å². The monoisotopic (exact) mass is 215 g/mol. The highest BCUT2D eigenvalue weighted by Crippen LogP contribution is 2.09. The molecule has 88 valence electrons. The van der Waals surface area contributed by atoms with Crippen LogP contribution < -0.4 is 5.32 Å². The lowest BCUT2D eigenvalue weighted by atomic mass is 10.0. The van der Waals surface area contributed by atoms with E-state index < -0.39 is 0 Å². The Morgan fingerprint density at radius 3 is 2.93 bits per heavy atom. The molecule has 0 aromatic rings. The second-order valence-electron chi connectivity index (χ2n) is 3.87. The van der Waals surface area contributed by atoms with Gasteiger partial charge in [0.2, 0.25) is 0 Å². The number of hydrogen-bond acceptors (Lipinski definition) is 4. The molecule has 0 amide bonds. The highest BCUT2D eigenvalue weighted by Gasteiger charge is 2.11. The second kappa shape index (κ2) is 7.65. The summed E-state index contributed by atoms with van der Waals surface area (Å²) < 4.78 is 9.88. The van der Waals surface area contributed by atoms with Crippen LogP contribution in [0, 0.1) is 0 Å². The van der Waals surface area contributed by atoms with Gasteiger partial charge in [0, 0.05) is 12.6 Å². The maximum absolute atomic E-state index is 10.8. The highest BCUT2D eigenvalue weighted by molar-refractivity contribution is 5.69. The summed E-state index contributed by atoms with van der Waals surface area (Å²) in [5, 5.41) is 3.46. The van der Waals surface area contributed by atoms with Gasteiger partial charge in [-0.25, -0.2) is 0 Å². The molecule has 1 saturated heterocycles. The largest absolute Gasteiger partial charge is 0.469 e. The number of carbonyl (C=O) groups is 1. The molecule has 0 spiro atoms. The fourth-order valence-electron chi connectivity index (χ4n) is 1.76. The van der Waals surface area contributed by atoms with Crippen LogP contribution in [-0.2, 0) is 14.3 Å². The van der Waals surface area contributed by atoms with Crippen molar-refractivity contribution in [2.24, 2.45) is 0 Å². The predicted octanol–water partition coefficient (Wildman–Crippen LogP) is 1.10. The van der Waals surface area contributed by atoms with Crippen LogP contribution >= 0.6 is 0 Å². The minimum atomic E-state index is -0.203. The molecular weight excluding hydrogens is 194 g/mol. The fourth-order valence-corrected chi connectivity index (χ4v) is 1.76. The number of hydrogen-bond donors (Lipinski definition) is 1. The molecule has 4 heteroatoms. The van der Waals surface area contributed by atoms with E-state index in [2.05, 4.69) is 10.1 Å². The van der Waals surface area contributed by atoms with E-state index >= 15 is 0 Å². The van der Waals surface area contributed by atoms with Crippen LogP contribution in [0.15, 0.2) is 0 Å². The lowest BCUT2D eigenvalue weighted by Crippen LogP contribution is -2.34. The van der Waals surface area contributed by atoms with Crippen LogP contribution in [0.25, 0.3) is 0 Å². The zero-order valence-electron chi connectivity index (χ0n) is 9.46. The van der Waals surface area contributed by atoms with E-state index in [0.717, 1.165) is 19.6 Å². The van der Waals surface area contributed by atoms with E-state index in [-0.39, 0.29) is 5.97 Å². The van der Waals surface area contributed by atoms with Crippen molar-refractivity contribution in [2.75, 3.05) is 26.9 Å².